The number of ether oxygens (including phenoxy) is 3. The van der Waals surface area contributed by atoms with Crippen molar-refractivity contribution in [3.8, 4) is 23.1 Å². The number of benzene rings is 4. The Balaban J connectivity index is 1.14. The van der Waals surface area contributed by atoms with E-state index in [1.54, 1.807) is 54.7 Å². The van der Waals surface area contributed by atoms with Gasteiger partial charge in [-0.05, 0) is 54.4 Å². The molecule has 59 heavy (non-hydrogen) atoms. The zero-order valence-electron chi connectivity index (χ0n) is 34.3. The van der Waals surface area contributed by atoms with E-state index < -0.39 is 16.1 Å². The molecule has 16 nitrogen and oxygen atoms in total. The summed E-state index contributed by atoms with van der Waals surface area (Å²) < 4.78 is 44.2. The monoisotopic (exact) mass is 825 g/mol. The summed E-state index contributed by atoms with van der Waals surface area (Å²) in [4.78, 5) is 40.1. The van der Waals surface area contributed by atoms with Crippen molar-refractivity contribution in [2.24, 2.45) is 0 Å². The molecule has 0 radical (unpaired) electrons. The molecule has 17 heteroatoms. The van der Waals surface area contributed by atoms with Crippen LogP contribution in [0.25, 0.3) is 10.8 Å². The Labute approximate surface area is 344 Å². The smallest absolute Gasteiger partial charge is 0.323 e. The minimum absolute atomic E-state index is 0.164. The van der Waals surface area contributed by atoms with Crippen molar-refractivity contribution < 1.29 is 32.2 Å². The topological polar surface area (TPSA) is 188 Å². The van der Waals surface area contributed by atoms with Crippen LogP contribution >= 0.6 is 0 Å². The first kappa shape index (κ1) is 42.4. The number of aromatic nitrogens is 2. The number of amides is 3. The first-order valence-corrected chi connectivity index (χ1v) is 20.9. The molecule has 3 amide bonds. The van der Waals surface area contributed by atoms with Gasteiger partial charge >= 0.3 is 6.03 Å². The number of likely N-dealkylation sites (N-methyl/N-ethyl adjacent to an activating group) is 1. The van der Waals surface area contributed by atoms with Crippen molar-refractivity contribution >= 4 is 61.4 Å². The number of carbonyl (C=O) groups excluding carboxylic acids is 2. The van der Waals surface area contributed by atoms with Crippen molar-refractivity contribution in [1.82, 2.24) is 25.1 Å². The fraction of sp³-hybridized carbons (Fsp3) is 0.333. The van der Waals surface area contributed by atoms with Gasteiger partial charge in [-0.25, -0.2) is 18.2 Å². The minimum Gasteiger partial charge on any atom is -0.496 e. The number of piperazine rings is 1. The van der Waals surface area contributed by atoms with Crippen LogP contribution in [0.2, 0.25) is 0 Å². The number of urea groups is 1. The zero-order chi connectivity index (χ0) is 42.3. The van der Waals surface area contributed by atoms with Gasteiger partial charge in [0.25, 0.3) is 5.91 Å². The molecule has 0 unspecified atom stereocenters. The summed E-state index contributed by atoms with van der Waals surface area (Å²) in [6.07, 6.45) is 2.61. The van der Waals surface area contributed by atoms with Gasteiger partial charge in [-0.15, -0.1) is 0 Å². The Morgan fingerprint density at radius 2 is 1.54 bits per heavy atom. The molecule has 5 aromatic rings. The number of sulfonamides is 1. The third kappa shape index (κ3) is 11.1. The Morgan fingerprint density at radius 1 is 0.831 bits per heavy atom. The number of anilines is 5. The zero-order valence-corrected chi connectivity index (χ0v) is 35.1. The predicted octanol–water partition coefficient (Wildman–Crippen LogP) is 6.47. The SMILES string of the molecule is COc1cc(Nc2nccc(Oc3ccc(NC(=O)Nc4cc(C(C)(C)C)cc(NS(C)(=O)=O)c4OC)c4ccccc34)n2)ccc1C(=O)NCCN1CCN(C)CC1. The predicted molar refractivity (Wildman–Crippen MR) is 231 cm³/mol. The van der Waals surface area contributed by atoms with Crippen molar-refractivity contribution in [1.29, 1.82) is 0 Å². The number of fused-ring (bicyclic) bond motifs is 1. The molecule has 0 aliphatic carbocycles. The maximum Gasteiger partial charge on any atom is 0.323 e. The molecule has 0 bridgehead atoms. The van der Waals surface area contributed by atoms with E-state index in [9.17, 15) is 18.0 Å². The van der Waals surface area contributed by atoms with Crippen LogP contribution in [-0.4, -0.2) is 107 Å². The largest absolute Gasteiger partial charge is 0.496 e. The van der Waals surface area contributed by atoms with Crippen LogP contribution in [0, 0.1) is 0 Å². The third-order valence-electron chi connectivity index (χ3n) is 9.69. The number of carbonyl (C=O) groups is 2. The molecule has 1 aliphatic rings. The van der Waals surface area contributed by atoms with Gasteiger partial charge in [0.2, 0.25) is 21.9 Å². The molecule has 0 spiro atoms. The van der Waals surface area contributed by atoms with Crippen molar-refractivity contribution in [3.63, 3.8) is 0 Å². The van der Waals surface area contributed by atoms with Crippen molar-refractivity contribution in [2.45, 2.75) is 26.2 Å². The van der Waals surface area contributed by atoms with Gasteiger partial charge in [0, 0.05) is 74.1 Å². The maximum absolute atomic E-state index is 13.5. The van der Waals surface area contributed by atoms with Gasteiger partial charge in [-0.2, -0.15) is 4.98 Å². The van der Waals surface area contributed by atoms with Crippen LogP contribution in [0.4, 0.5) is 33.5 Å². The number of hydrogen-bond donors (Lipinski definition) is 5. The quantitative estimate of drug-likeness (QED) is 0.0822. The second-order valence-corrected chi connectivity index (χ2v) is 17.0. The summed E-state index contributed by atoms with van der Waals surface area (Å²) in [5, 5.41) is 13.3. The van der Waals surface area contributed by atoms with Crippen LogP contribution in [-0.2, 0) is 15.4 Å². The lowest BCUT2D eigenvalue weighted by molar-refractivity contribution is 0.0938. The standard InChI is InChI=1S/C42H51N9O7S/c1-42(2,3)27-24-33(38(57-6)34(25-27)49-59(7,54)55)47-41(53)46-32-14-15-35(30-11-9-8-10-29(30)32)58-37-16-17-44-40(48-37)45-28-12-13-31(36(26-28)56-5)39(52)43-18-19-51-22-20-50(4)21-23-51/h8-17,24-26,49H,18-23H2,1-7H3,(H,43,52)(H,44,45,48)(H2,46,47,53). The molecular formula is C42H51N9O7S. The van der Waals surface area contributed by atoms with Crippen molar-refractivity contribution in [2.75, 3.05) is 87.5 Å². The Morgan fingerprint density at radius 3 is 2.24 bits per heavy atom. The van der Waals surface area contributed by atoms with Crippen LogP contribution in [0.3, 0.4) is 0 Å². The Kier molecular flexibility index (Phi) is 13.1. The second-order valence-electron chi connectivity index (χ2n) is 15.2. The summed E-state index contributed by atoms with van der Waals surface area (Å²) in [7, 11) is 1.39. The minimum atomic E-state index is -3.65. The average molecular weight is 826 g/mol. The Hall–Kier alpha value is -6.17. The van der Waals surface area contributed by atoms with Crippen LogP contribution in [0.5, 0.6) is 23.1 Å². The third-order valence-corrected chi connectivity index (χ3v) is 10.3. The van der Waals surface area contributed by atoms with E-state index in [2.05, 4.69) is 52.8 Å². The van der Waals surface area contributed by atoms with E-state index in [0.29, 0.717) is 45.8 Å². The summed E-state index contributed by atoms with van der Waals surface area (Å²) in [6.45, 7) is 11.3. The Bertz CT molecular complexity index is 2430. The molecule has 1 aliphatic heterocycles. The highest BCUT2D eigenvalue weighted by molar-refractivity contribution is 7.92. The molecule has 1 saturated heterocycles. The van der Waals surface area contributed by atoms with E-state index in [4.69, 9.17) is 14.2 Å². The summed E-state index contributed by atoms with van der Waals surface area (Å²) in [6, 6.07) is 20.5. The molecule has 0 atom stereocenters. The lowest BCUT2D eigenvalue weighted by atomic mass is 9.86. The lowest BCUT2D eigenvalue weighted by Crippen LogP contribution is -2.46. The molecule has 0 saturated carbocycles. The van der Waals surface area contributed by atoms with Gasteiger partial charge in [0.1, 0.15) is 11.5 Å². The van der Waals surface area contributed by atoms with Crippen LogP contribution < -0.4 is 40.2 Å². The highest BCUT2D eigenvalue weighted by Crippen LogP contribution is 2.40. The van der Waals surface area contributed by atoms with Gasteiger partial charge < -0.3 is 40.4 Å². The van der Waals surface area contributed by atoms with Gasteiger partial charge in [0.05, 0.1) is 43.1 Å². The lowest BCUT2D eigenvalue weighted by Gasteiger charge is -2.32. The van der Waals surface area contributed by atoms with Gasteiger partial charge in [0.15, 0.2) is 5.75 Å². The average Bonchev–Trinajstić information content (AvgIpc) is 3.18. The molecule has 1 aromatic heterocycles. The second kappa shape index (κ2) is 18.2. The highest BCUT2D eigenvalue weighted by Gasteiger charge is 2.23. The number of nitrogens with one attached hydrogen (secondary N) is 5. The summed E-state index contributed by atoms with van der Waals surface area (Å²) in [5.74, 6) is 1.36. The normalized spacial score (nSPS) is 13.7. The summed E-state index contributed by atoms with van der Waals surface area (Å²) >= 11 is 0. The van der Waals surface area contributed by atoms with E-state index in [1.807, 2.05) is 45.0 Å². The van der Waals surface area contributed by atoms with Gasteiger partial charge in [-0.3, -0.25) is 14.4 Å². The van der Waals surface area contributed by atoms with Crippen LogP contribution in [0.1, 0.15) is 36.7 Å². The number of hydrogen-bond acceptors (Lipinski definition) is 12. The molecule has 4 aromatic carbocycles. The molecule has 2 heterocycles. The molecule has 1 fully saturated rings. The van der Waals surface area contributed by atoms with Gasteiger partial charge in [-0.1, -0.05) is 45.0 Å². The number of nitrogens with zero attached hydrogens (tertiary/aromatic N) is 4. The van der Waals surface area contributed by atoms with E-state index in [0.717, 1.165) is 44.5 Å². The first-order chi connectivity index (χ1) is 28.1. The molecule has 5 N–H and O–H groups in total. The maximum atomic E-state index is 13.5. The van der Waals surface area contributed by atoms with Crippen molar-refractivity contribution in [3.05, 3.63) is 90.1 Å². The van der Waals surface area contributed by atoms with E-state index >= 15 is 0 Å². The fourth-order valence-electron chi connectivity index (χ4n) is 6.55. The highest BCUT2D eigenvalue weighted by atomic mass is 32.2. The summed E-state index contributed by atoms with van der Waals surface area (Å²) in [5.41, 5.74) is 2.42. The molecular weight excluding hydrogens is 775 g/mol. The van der Waals surface area contributed by atoms with E-state index in [1.165, 1.54) is 14.2 Å². The number of methoxy groups -OCH3 is 2. The molecule has 6 rings (SSSR count). The first-order valence-electron chi connectivity index (χ1n) is 19.1. The van der Waals surface area contributed by atoms with E-state index in [-0.39, 0.29) is 40.3 Å². The number of rotatable bonds is 14. The van der Waals surface area contributed by atoms with Crippen LogP contribution in [0.15, 0.2) is 79.0 Å². The molecule has 312 valence electrons. The fourth-order valence-corrected chi connectivity index (χ4v) is 7.10.